The van der Waals surface area contributed by atoms with E-state index < -0.39 is 24.0 Å². The second-order valence-electron chi connectivity index (χ2n) is 14.9. The third-order valence-electron chi connectivity index (χ3n) is 11.3. The molecule has 0 bridgehead atoms. The first-order valence-corrected chi connectivity index (χ1v) is 19.9. The Kier molecular flexibility index (Phi) is 11.3. The van der Waals surface area contributed by atoms with Gasteiger partial charge in [-0.25, -0.2) is 14.8 Å². The van der Waals surface area contributed by atoms with Crippen molar-refractivity contribution in [1.29, 1.82) is 0 Å². The quantitative estimate of drug-likeness (QED) is 0.0971. The largest absolute Gasteiger partial charge is 0.481 e. The minimum atomic E-state index is -1.01. The van der Waals surface area contributed by atoms with Crippen molar-refractivity contribution in [3.63, 3.8) is 0 Å². The lowest BCUT2D eigenvalue weighted by Crippen LogP contribution is -2.42. The summed E-state index contributed by atoms with van der Waals surface area (Å²) in [5, 5.41) is 12.3. The van der Waals surface area contributed by atoms with Crippen LogP contribution in [0.15, 0.2) is 122 Å². The van der Waals surface area contributed by atoms with Gasteiger partial charge in [0, 0.05) is 13.1 Å². The Bertz CT molecular complexity index is 2410. The monoisotopic (exact) mass is 791 g/mol. The number of likely N-dealkylation sites (tertiary alicyclic amines) is 2. The Balaban J connectivity index is 0.928. The fourth-order valence-electron chi connectivity index (χ4n) is 8.30. The van der Waals surface area contributed by atoms with Gasteiger partial charge in [0.1, 0.15) is 17.7 Å². The molecule has 4 heterocycles. The molecule has 2 aliphatic rings. The highest BCUT2D eigenvalue weighted by Crippen LogP contribution is 2.37. The van der Waals surface area contributed by atoms with Crippen LogP contribution < -0.4 is 5.32 Å². The van der Waals surface area contributed by atoms with Crippen LogP contribution in [-0.4, -0.2) is 78.9 Å². The smallest absolute Gasteiger partial charge is 0.407 e. The van der Waals surface area contributed by atoms with Gasteiger partial charge in [0.25, 0.3) is 5.91 Å². The molecule has 0 unspecified atom stereocenters. The minimum absolute atomic E-state index is 0.196. The van der Waals surface area contributed by atoms with Crippen LogP contribution >= 0.6 is 0 Å². The van der Waals surface area contributed by atoms with Crippen LogP contribution in [0.5, 0.6) is 0 Å². The van der Waals surface area contributed by atoms with E-state index in [0.29, 0.717) is 35.9 Å². The van der Waals surface area contributed by atoms with Crippen molar-refractivity contribution in [3.05, 3.63) is 144 Å². The molecule has 4 N–H and O–H groups in total. The number of rotatable bonds is 12. The highest BCUT2D eigenvalue weighted by Gasteiger charge is 2.38. The summed E-state index contributed by atoms with van der Waals surface area (Å²) in [7, 11) is 1.28. The van der Waals surface area contributed by atoms with E-state index in [4.69, 9.17) is 9.72 Å². The molecule has 0 radical (unpaired) electrons. The Hall–Kier alpha value is -7.02. The van der Waals surface area contributed by atoms with Gasteiger partial charge >= 0.3 is 12.1 Å². The summed E-state index contributed by atoms with van der Waals surface area (Å²) in [5.41, 5.74) is 7.03. The lowest BCUT2D eigenvalue weighted by atomic mass is 9.94. The van der Waals surface area contributed by atoms with Gasteiger partial charge in [0.2, 0.25) is 5.91 Å². The van der Waals surface area contributed by atoms with Crippen LogP contribution in [0.3, 0.4) is 0 Å². The number of imidazole rings is 2. The molecule has 4 aromatic carbocycles. The average molecular weight is 792 g/mol. The summed E-state index contributed by atoms with van der Waals surface area (Å²) >= 11 is 0. The SMILES string of the molecule is COC(=O)N[C@@H](C(=O)N1CCC[C@H]1c1ncc(-c2ccc(-c3ccc(-c4cnc([C@@H]5CCCN5C(=O)[C@@H](CC(=O)O)c5ccccc5)[nH]4)cc3)cc2)[nH]1)c1ccccc1. The molecular weight excluding hydrogens is 747 g/mol. The molecule has 8 rings (SSSR count). The number of alkyl carbamates (subject to hydrolysis) is 1. The lowest BCUT2D eigenvalue weighted by Gasteiger charge is -2.28. The zero-order valence-electron chi connectivity index (χ0n) is 32.6. The van der Waals surface area contributed by atoms with Gasteiger partial charge in [-0.1, -0.05) is 109 Å². The number of carbonyl (C=O) groups is 4. The molecule has 0 aliphatic carbocycles. The predicted octanol–water partition coefficient (Wildman–Crippen LogP) is 7.82. The van der Waals surface area contributed by atoms with Crippen LogP contribution in [0.25, 0.3) is 33.6 Å². The second kappa shape index (κ2) is 17.2. The van der Waals surface area contributed by atoms with E-state index in [1.165, 1.54) is 7.11 Å². The van der Waals surface area contributed by atoms with Crippen LogP contribution in [0, 0.1) is 0 Å². The predicted molar refractivity (Wildman–Crippen MR) is 221 cm³/mol. The number of hydrogen-bond donors (Lipinski definition) is 4. The van der Waals surface area contributed by atoms with Crippen molar-refractivity contribution in [3.8, 4) is 33.6 Å². The van der Waals surface area contributed by atoms with Crippen molar-refractivity contribution in [1.82, 2.24) is 35.1 Å². The van der Waals surface area contributed by atoms with E-state index in [1.807, 2.05) is 84.9 Å². The molecule has 13 heteroatoms. The number of amides is 3. The number of aliphatic carboxylic acids is 1. The molecule has 3 amide bonds. The van der Waals surface area contributed by atoms with Gasteiger partial charge in [-0.15, -0.1) is 0 Å². The van der Waals surface area contributed by atoms with Crippen molar-refractivity contribution >= 4 is 23.9 Å². The molecule has 59 heavy (non-hydrogen) atoms. The Morgan fingerprint density at radius 2 is 1.14 bits per heavy atom. The number of nitrogens with one attached hydrogen (secondary N) is 3. The van der Waals surface area contributed by atoms with Crippen molar-refractivity contribution in [2.75, 3.05) is 20.2 Å². The molecule has 2 saturated heterocycles. The maximum Gasteiger partial charge on any atom is 0.407 e. The first kappa shape index (κ1) is 38.8. The number of ether oxygens (including phenoxy) is 1. The molecule has 4 atom stereocenters. The first-order valence-electron chi connectivity index (χ1n) is 19.9. The maximum absolute atomic E-state index is 13.9. The van der Waals surface area contributed by atoms with Crippen LogP contribution in [-0.2, 0) is 19.1 Å². The molecule has 300 valence electrons. The third kappa shape index (κ3) is 8.36. The summed E-state index contributed by atoms with van der Waals surface area (Å²) in [6, 6.07) is 33.3. The zero-order chi connectivity index (χ0) is 40.9. The van der Waals surface area contributed by atoms with Crippen LogP contribution in [0.1, 0.15) is 78.9 Å². The number of hydrogen-bond acceptors (Lipinski definition) is 7. The van der Waals surface area contributed by atoms with E-state index in [2.05, 4.69) is 44.5 Å². The van der Waals surface area contributed by atoms with Gasteiger partial charge in [-0.3, -0.25) is 14.4 Å². The number of carbonyl (C=O) groups excluding carboxylic acids is 3. The number of carboxylic acid groups (broad SMARTS) is 1. The van der Waals surface area contributed by atoms with E-state index in [0.717, 1.165) is 59.3 Å². The number of nitrogens with zero attached hydrogens (tertiary/aromatic N) is 4. The maximum atomic E-state index is 13.9. The normalized spacial score (nSPS) is 17.4. The van der Waals surface area contributed by atoms with Gasteiger partial charge < -0.3 is 34.9 Å². The number of aromatic amines is 2. The number of methoxy groups -OCH3 is 1. The van der Waals surface area contributed by atoms with Crippen LogP contribution in [0.4, 0.5) is 4.79 Å². The molecule has 2 aromatic heterocycles. The lowest BCUT2D eigenvalue weighted by molar-refractivity contribution is -0.142. The Labute approximate surface area is 341 Å². The highest BCUT2D eigenvalue weighted by molar-refractivity contribution is 5.89. The third-order valence-corrected chi connectivity index (χ3v) is 11.3. The first-order chi connectivity index (χ1) is 28.8. The summed E-state index contributed by atoms with van der Waals surface area (Å²) in [6.07, 6.45) is 5.74. The number of benzene rings is 4. The van der Waals surface area contributed by atoms with Crippen molar-refractivity contribution < 1.29 is 29.0 Å². The molecule has 0 spiro atoms. The molecule has 2 fully saturated rings. The van der Waals surface area contributed by atoms with Gasteiger partial charge in [0.05, 0.1) is 55.3 Å². The van der Waals surface area contributed by atoms with Crippen LogP contribution in [0.2, 0.25) is 0 Å². The molecular formula is C46H45N7O6. The molecule has 6 aromatic rings. The second-order valence-corrected chi connectivity index (χ2v) is 14.9. The van der Waals surface area contributed by atoms with E-state index >= 15 is 0 Å². The average Bonchev–Trinajstić information content (AvgIpc) is 4.12. The Morgan fingerprint density at radius 3 is 1.61 bits per heavy atom. The number of aromatic nitrogens is 4. The number of carboxylic acids is 1. The van der Waals surface area contributed by atoms with Gasteiger partial charge in [-0.2, -0.15) is 0 Å². The van der Waals surface area contributed by atoms with Crippen molar-refractivity contribution in [2.24, 2.45) is 0 Å². The highest BCUT2D eigenvalue weighted by atomic mass is 16.5. The topological polar surface area (TPSA) is 174 Å². The van der Waals surface area contributed by atoms with Gasteiger partial charge in [0.15, 0.2) is 0 Å². The van der Waals surface area contributed by atoms with Crippen molar-refractivity contribution in [2.45, 2.75) is 56.1 Å². The van der Waals surface area contributed by atoms with Gasteiger partial charge in [-0.05, 0) is 59.1 Å². The molecule has 0 saturated carbocycles. The fraction of sp³-hybridized carbons (Fsp3) is 0.261. The summed E-state index contributed by atoms with van der Waals surface area (Å²) in [6.45, 7) is 1.09. The standard InChI is InChI=1S/C46H45N7O6/c1-59-46(58)51-41(34-12-6-3-7-13-34)45(57)53-25-9-15-39(53)43-48-28-37(50-43)33-22-18-30(19-23-33)29-16-20-32(21-17-29)36-27-47-42(49-36)38-14-8-24-52(38)44(56)35(26-40(54)55)31-10-4-2-5-11-31/h2-7,10-13,16-23,27-28,35,38-39,41H,8-9,14-15,24-26H2,1H3,(H,47,49)(H,48,50)(H,51,58)(H,54,55)/t35-,38-,39-,41+/m0/s1. The van der Waals surface area contributed by atoms with E-state index in [9.17, 15) is 24.3 Å². The zero-order valence-corrected chi connectivity index (χ0v) is 32.6. The molecule has 13 nitrogen and oxygen atoms in total. The summed E-state index contributed by atoms with van der Waals surface area (Å²) in [5.74, 6) is -0.806. The fourth-order valence-corrected chi connectivity index (χ4v) is 8.30. The van der Waals surface area contributed by atoms with E-state index in [-0.39, 0.29) is 30.3 Å². The Morgan fingerprint density at radius 1 is 0.678 bits per heavy atom. The van der Waals surface area contributed by atoms with E-state index in [1.54, 1.807) is 22.2 Å². The number of H-pyrrole nitrogens is 2. The molecule has 2 aliphatic heterocycles. The summed E-state index contributed by atoms with van der Waals surface area (Å²) < 4.78 is 4.82. The minimum Gasteiger partial charge on any atom is -0.481 e. The summed E-state index contributed by atoms with van der Waals surface area (Å²) in [4.78, 5) is 71.4.